The van der Waals surface area contributed by atoms with Gasteiger partial charge in [0.1, 0.15) is 35.9 Å². The van der Waals surface area contributed by atoms with E-state index in [1.165, 1.54) is 70.7 Å². The number of carboxylic acid groups (broad SMARTS) is 1. The van der Waals surface area contributed by atoms with Crippen LogP contribution in [0.4, 0.5) is 15.3 Å². The van der Waals surface area contributed by atoms with Gasteiger partial charge in [0.05, 0.1) is 42.1 Å². The molecule has 1 aliphatic carbocycles. The molecule has 1 aliphatic rings. The number of fused-ring (bicyclic) bond motifs is 1. The summed E-state index contributed by atoms with van der Waals surface area (Å²) in [5.41, 5.74) is 1.00. The second-order valence-electron chi connectivity index (χ2n) is 13.7. The highest BCUT2D eigenvalue weighted by molar-refractivity contribution is 7.55. The molecule has 3 atom stereocenters. The van der Waals surface area contributed by atoms with Crippen LogP contribution in [0.5, 0.6) is 28.7 Å². The molecule has 0 spiro atoms. The van der Waals surface area contributed by atoms with Crippen molar-refractivity contribution in [3.8, 4) is 28.7 Å². The number of pyridine rings is 1. The number of hydrogen-bond donors (Lipinski definition) is 6. The van der Waals surface area contributed by atoms with Crippen molar-refractivity contribution < 1.29 is 61.9 Å². The van der Waals surface area contributed by atoms with Crippen LogP contribution in [0.2, 0.25) is 5.02 Å². The molecule has 3 unspecified atom stereocenters. The van der Waals surface area contributed by atoms with Crippen LogP contribution in [-0.4, -0.2) is 78.5 Å². The van der Waals surface area contributed by atoms with Crippen LogP contribution >= 0.6 is 19.3 Å². The van der Waals surface area contributed by atoms with Gasteiger partial charge in [0.25, 0.3) is 5.91 Å². The van der Waals surface area contributed by atoms with E-state index in [9.17, 15) is 33.6 Å². The highest BCUT2D eigenvalue weighted by Gasteiger charge is 2.35. The molecule has 1 heterocycles. The predicted molar refractivity (Wildman–Crippen MR) is 218 cm³/mol. The number of aliphatic carboxylic acids is 1. The number of carbonyl (C=O) groups excluding carboxylic acids is 4. The zero-order valence-corrected chi connectivity index (χ0v) is 35.0. The number of alkyl carbamates (subject to hydrolysis) is 1. The van der Waals surface area contributed by atoms with E-state index in [1.54, 1.807) is 32.0 Å². The number of carboxylic acids is 1. The Kier molecular flexibility index (Phi) is 14.8. The highest BCUT2D eigenvalue weighted by atomic mass is 35.5. The molecule has 1 fully saturated rings. The maximum atomic E-state index is 14.0. The fraction of sp³-hybridized carbons (Fsp3) is 0.333. The highest BCUT2D eigenvalue weighted by Crippen LogP contribution is 2.44. The van der Waals surface area contributed by atoms with Crippen molar-refractivity contribution in [2.24, 2.45) is 0 Å². The number of nitrogens with one attached hydrogen (secondary N) is 5. The molecule has 1 saturated carbocycles. The molecule has 0 bridgehead atoms. The third-order valence-corrected chi connectivity index (χ3v) is 10.7. The molecule has 1 aromatic heterocycles. The van der Waals surface area contributed by atoms with Gasteiger partial charge in [0, 0.05) is 29.8 Å². The molecule has 21 heteroatoms. The van der Waals surface area contributed by atoms with Crippen molar-refractivity contribution in [2.45, 2.75) is 71.4 Å². The van der Waals surface area contributed by atoms with Gasteiger partial charge >= 0.3 is 31.7 Å². The smallest absolute Gasteiger partial charge is 0.414 e. The van der Waals surface area contributed by atoms with Gasteiger partial charge in [-0.2, -0.15) is 0 Å². The summed E-state index contributed by atoms with van der Waals surface area (Å²) in [6.45, 7) is 5.42. The third kappa shape index (κ3) is 12.2. The van der Waals surface area contributed by atoms with Crippen LogP contribution in [0.25, 0.3) is 10.9 Å². The first kappa shape index (κ1) is 45.0. The molecule has 4 aromatic rings. The number of nitrogens with zero attached hydrogens (tertiary/aromatic N) is 1. The summed E-state index contributed by atoms with van der Waals surface area (Å²) in [6.07, 6.45) is 1.74. The van der Waals surface area contributed by atoms with E-state index in [0.29, 0.717) is 22.3 Å². The number of urea groups is 1. The summed E-state index contributed by atoms with van der Waals surface area (Å²) >= 11 is 6.43. The quantitative estimate of drug-likeness (QED) is 0.0459. The molecule has 0 radical (unpaired) electrons. The molecule has 0 saturated heterocycles. The lowest BCUT2D eigenvalue weighted by Gasteiger charge is -2.26. The van der Waals surface area contributed by atoms with Crippen LogP contribution < -0.4 is 44.9 Å². The Morgan fingerprint density at radius 2 is 1.60 bits per heavy atom. The monoisotopic (exact) mass is 870 g/mol. The molecular formula is C39H44ClN6O13P. The first-order valence-corrected chi connectivity index (χ1v) is 20.4. The molecule has 6 N–H and O–H groups in total. The lowest BCUT2D eigenvalue weighted by Crippen LogP contribution is -2.43. The standard InChI is InChI=1S/C39H44ClN6O13P/c1-20(2)57-37(50)22(4)46-60(53,45-21(3)36(48)49)59-34-15-23(7-12-32(34)54-5)19-56-39(52)44-35(47)27-17-26-30(18-33(27)55-6)41-14-13-31(26)58-25-10-11-29(28(40)16-25)43-38(51)42-24-8-9-24/h7,10-18,20-22,24H,8-9,19H2,1-6H3,(H,48,49)(H2,42,43,51)(H,44,47,52)(H2,45,46,53). The number of imide groups is 1. The molecule has 320 valence electrons. The van der Waals surface area contributed by atoms with Crippen LogP contribution in [0.15, 0.2) is 60.8 Å². The number of aromatic nitrogens is 1. The molecular weight excluding hydrogens is 827 g/mol. The second-order valence-corrected chi connectivity index (χ2v) is 15.9. The first-order valence-electron chi connectivity index (χ1n) is 18.4. The van der Waals surface area contributed by atoms with Crippen molar-refractivity contribution in [3.63, 3.8) is 0 Å². The summed E-state index contributed by atoms with van der Waals surface area (Å²) in [5.74, 6) is -2.40. The molecule has 0 aliphatic heterocycles. The summed E-state index contributed by atoms with van der Waals surface area (Å²) in [6, 6.07) is 10.6. The van der Waals surface area contributed by atoms with E-state index in [-0.39, 0.29) is 51.2 Å². The number of methoxy groups -OCH3 is 2. The second kappa shape index (κ2) is 19.7. The van der Waals surface area contributed by atoms with E-state index in [1.807, 2.05) is 0 Å². The minimum absolute atomic E-state index is 0.0583. The van der Waals surface area contributed by atoms with Crippen molar-refractivity contribution >= 4 is 65.8 Å². The van der Waals surface area contributed by atoms with E-state index in [4.69, 9.17) is 39.8 Å². The molecule has 4 amide bonds. The van der Waals surface area contributed by atoms with Gasteiger partial charge in [-0.05, 0) is 82.5 Å². The minimum atomic E-state index is -4.39. The lowest BCUT2D eigenvalue weighted by atomic mass is 10.1. The summed E-state index contributed by atoms with van der Waals surface area (Å²) in [7, 11) is -1.74. The van der Waals surface area contributed by atoms with Gasteiger partial charge in [-0.3, -0.25) is 24.7 Å². The normalized spacial score (nSPS) is 14.2. The molecule has 60 heavy (non-hydrogen) atoms. The number of carbonyl (C=O) groups is 5. The van der Waals surface area contributed by atoms with Crippen molar-refractivity contribution in [1.82, 2.24) is 25.8 Å². The van der Waals surface area contributed by atoms with E-state index in [0.717, 1.165) is 12.8 Å². The van der Waals surface area contributed by atoms with Crippen LogP contribution in [0, 0.1) is 0 Å². The number of amides is 4. The largest absolute Gasteiger partial charge is 0.496 e. The predicted octanol–water partition coefficient (Wildman–Crippen LogP) is 6.53. The number of rotatable bonds is 18. The Morgan fingerprint density at radius 1 is 0.883 bits per heavy atom. The number of benzene rings is 3. The molecule has 5 rings (SSSR count). The summed E-state index contributed by atoms with van der Waals surface area (Å²) in [4.78, 5) is 67.1. The number of hydrogen-bond acceptors (Lipinski definition) is 13. The Balaban J connectivity index is 1.28. The van der Waals surface area contributed by atoms with E-state index >= 15 is 0 Å². The fourth-order valence-electron chi connectivity index (χ4n) is 5.35. The van der Waals surface area contributed by atoms with Crippen molar-refractivity contribution in [3.05, 3.63) is 76.9 Å². The van der Waals surface area contributed by atoms with E-state index < -0.39 is 56.4 Å². The zero-order valence-electron chi connectivity index (χ0n) is 33.3. The Hall–Kier alpha value is -6.14. The first-order chi connectivity index (χ1) is 28.5. The van der Waals surface area contributed by atoms with Gasteiger partial charge in [-0.15, -0.1) is 0 Å². The molecule has 19 nitrogen and oxygen atoms in total. The fourth-order valence-corrected chi connectivity index (χ4v) is 7.40. The van der Waals surface area contributed by atoms with Crippen LogP contribution in [0.3, 0.4) is 0 Å². The van der Waals surface area contributed by atoms with Gasteiger partial charge in [-0.1, -0.05) is 17.7 Å². The van der Waals surface area contributed by atoms with E-state index in [2.05, 4.69) is 31.1 Å². The molecule has 3 aromatic carbocycles. The van der Waals surface area contributed by atoms with Gasteiger partial charge in [-0.25, -0.2) is 24.3 Å². The Morgan fingerprint density at radius 3 is 2.25 bits per heavy atom. The van der Waals surface area contributed by atoms with Gasteiger partial charge in [0.15, 0.2) is 11.5 Å². The van der Waals surface area contributed by atoms with Gasteiger partial charge < -0.3 is 43.9 Å². The van der Waals surface area contributed by atoms with Crippen LogP contribution in [-0.2, 0) is 30.2 Å². The maximum absolute atomic E-state index is 14.0. The van der Waals surface area contributed by atoms with Gasteiger partial charge in [0.2, 0.25) is 0 Å². The van der Waals surface area contributed by atoms with Crippen molar-refractivity contribution in [2.75, 3.05) is 19.5 Å². The average Bonchev–Trinajstić information content (AvgIpc) is 4.01. The third-order valence-electron chi connectivity index (χ3n) is 8.44. The lowest BCUT2D eigenvalue weighted by molar-refractivity contribution is -0.149. The maximum Gasteiger partial charge on any atom is 0.414 e. The minimum Gasteiger partial charge on any atom is -0.496 e. The summed E-state index contributed by atoms with van der Waals surface area (Å²) in [5, 5.41) is 22.6. The Labute approximate surface area is 349 Å². The van der Waals surface area contributed by atoms with Crippen LogP contribution in [0.1, 0.15) is 56.5 Å². The SMILES string of the molecule is COc1ccc(COC(=O)NC(=O)c2cc3c(Oc4ccc(NC(=O)NC5CC5)c(Cl)c4)ccnc3cc2OC)cc1OP(=O)(NC(C)C(=O)O)NC(C)C(=O)OC(C)C. The topological polar surface area (TPSA) is 251 Å². The van der Waals surface area contributed by atoms with Crippen molar-refractivity contribution in [1.29, 1.82) is 0 Å². The number of esters is 1. The average molecular weight is 871 g/mol. The zero-order chi connectivity index (χ0) is 43.7. The summed E-state index contributed by atoms with van der Waals surface area (Å²) < 4.78 is 47.1. The number of anilines is 1. The number of ether oxygens (including phenoxy) is 5. The Bertz CT molecular complexity index is 2330. The number of halogens is 1.